The summed E-state index contributed by atoms with van der Waals surface area (Å²) in [6.45, 7) is 0. The average Bonchev–Trinajstić information content (AvgIpc) is 3.35. The van der Waals surface area contributed by atoms with Gasteiger partial charge in [-0.15, -0.1) is 0 Å². The van der Waals surface area contributed by atoms with Crippen LogP contribution in [0.3, 0.4) is 0 Å². The number of carbonyl (C=O) groups excluding carboxylic acids is 1. The third-order valence-corrected chi connectivity index (χ3v) is 7.89. The first kappa shape index (κ1) is 16.8. The van der Waals surface area contributed by atoms with E-state index in [0.29, 0.717) is 17.8 Å². The molecule has 5 aliphatic rings. The van der Waals surface area contributed by atoms with E-state index in [-0.39, 0.29) is 17.1 Å². The number of Topliss-reactive ketones (excluding diaryl/α,β-unsaturated/α-hetero) is 1. The van der Waals surface area contributed by atoms with Gasteiger partial charge < -0.3 is 4.74 Å². The molecule has 27 heavy (non-hydrogen) atoms. The molecule has 0 unspecified atom stereocenters. The van der Waals surface area contributed by atoms with E-state index in [1.807, 2.05) is 24.3 Å². The zero-order valence-corrected chi connectivity index (χ0v) is 15.6. The number of ketones is 1. The van der Waals surface area contributed by atoms with Crippen LogP contribution in [0.4, 0.5) is 0 Å². The molecule has 0 saturated heterocycles. The molecule has 0 spiro atoms. The molecule has 5 fully saturated rings. The maximum absolute atomic E-state index is 13.8. The van der Waals surface area contributed by atoms with Crippen molar-refractivity contribution in [1.29, 1.82) is 10.5 Å². The Labute approximate surface area is 160 Å². The molecule has 0 aliphatic heterocycles. The van der Waals surface area contributed by atoms with Gasteiger partial charge in [-0.1, -0.05) is 12.1 Å². The van der Waals surface area contributed by atoms with Gasteiger partial charge in [-0.3, -0.25) is 4.79 Å². The fourth-order valence-electron chi connectivity index (χ4n) is 7.06. The summed E-state index contributed by atoms with van der Waals surface area (Å²) in [5.41, 5.74) is -0.559. The Balaban J connectivity index is 1.49. The van der Waals surface area contributed by atoms with Crippen molar-refractivity contribution in [3.63, 3.8) is 0 Å². The quantitative estimate of drug-likeness (QED) is 0.805. The summed E-state index contributed by atoms with van der Waals surface area (Å²) in [5.74, 6) is 2.20. The highest BCUT2D eigenvalue weighted by Crippen LogP contribution is 2.70. The molecule has 5 aliphatic carbocycles. The van der Waals surface area contributed by atoms with E-state index >= 15 is 0 Å². The molecule has 4 heteroatoms. The summed E-state index contributed by atoms with van der Waals surface area (Å²) in [6.07, 6.45) is 6.78. The van der Waals surface area contributed by atoms with Gasteiger partial charge in [0.25, 0.3) is 0 Å². The standard InChI is InChI=1S/C23H24N2O2/c1-27-18-4-2-17(3-5-18)19-20(23(19,12-24)13-25)21(26)22-9-14-6-15(10-22)8-16(7-14)11-22/h2-5,14-16,19-20H,6-11H2,1H3/t14?,15?,16?,19-,20+,22?/m0/s1. The highest BCUT2D eigenvalue weighted by Gasteiger charge is 2.73. The minimum atomic E-state index is -1.20. The van der Waals surface area contributed by atoms with Crippen LogP contribution >= 0.6 is 0 Å². The second kappa shape index (κ2) is 5.59. The molecule has 6 rings (SSSR count). The number of benzene rings is 1. The average molecular weight is 360 g/mol. The molecule has 5 saturated carbocycles. The fourth-order valence-corrected chi connectivity index (χ4v) is 7.06. The molecule has 4 bridgehead atoms. The zero-order chi connectivity index (χ0) is 18.8. The van der Waals surface area contributed by atoms with Crippen LogP contribution in [0.5, 0.6) is 5.75 Å². The van der Waals surface area contributed by atoms with Crippen molar-refractivity contribution < 1.29 is 9.53 Å². The maximum Gasteiger partial charge on any atom is 0.161 e. The predicted molar refractivity (Wildman–Crippen MR) is 98.5 cm³/mol. The highest BCUT2D eigenvalue weighted by atomic mass is 16.5. The minimum absolute atomic E-state index is 0.213. The molecular formula is C23H24N2O2. The molecule has 1 aromatic rings. The van der Waals surface area contributed by atoms with E-state index < -0.39 is 11.3 Å². The van der Waals surface area contributed by atoms with Crippen molar-refractivity contribution in [2.24, 2.45) is 34.5 Å². The van der Waals surface area contributed by atoms with E-state index in [1.54, 1.807) is 7.11 Å². The van der Waals surface area contributed by atoms with E-state index in [9.17, 15) is 15.3 Å². The highest BCUT2D eigenvalue weighted by molar-refractivity contribution is 5.94. The van der Waals surface area contributed by atoms with Crippen LogP contribution in [0.25, 0.3) is 0 Å². The Morgan fingerprint density at radius 1 is 1.00 bits per heavy atom. The van der Waals surface area contributed by atoms with Crippen LogP contribution < -0.4 is 4.74 Å². The van der Waals surface area contributed by atoms with E-state index in [1.165, 1.54) is 19.3 Å². The van der Waals surface area contributed by atoms with Gasteiger partial charge in [0.2, 0.25) is 0 Å². The number of nitriles is 2. The Bertz CT molecular complexity index is 824. The number of ether oxygens (including phenoxy) is 1. The van der Waals surface area contributed by atoms with Crippen molar-refractivity contribution in [2.75, 3.05) is 7.11 Å². The van der Waals surface area contributed by atoms with Crippen LogP contribution in [-0.4, -0.2) is 12.9 Å². The molecular weight excluding hydrogens is 336 g/mol. The van der Waals surface area contributed by atoms with Crippen LogP contribution in [0.1, 0.15) is 50.0 Å². The lowest BCUT2D eigenvalue weighted by atomic mass is 9.48. The molecule has 0 N–H and O–H groups in total. The van der Waals surface area contributed by atoms with Crippen molar-refractivity contribution >= 4 is 5.78 Å². The van der Waals surface area contributed by atoms with Gasteiger partial charge in [0.15, 0.2) is 5.41 Å². The van der Waals surface area contributed by atoms with Gasteiger partial charge in [-0.05, 0) is 74.0 Å². The summed E-state index contributed by atoms with van der Waals surface area (Å²) in [4.78, 5) is 13.8. The predicted octanol–water partition coefficient (Wildman–Crippen LogP) is 4.23. The van der Waals surface area contributed by atoms with Gasteiger partial charge >= 0.3 is 0 Å². The molecule has 4 nitrogen and oxygen atoms in total. The third kappa shape index (κ3) is 2.23. The summed E-state index contributed by atoms with van der Waals surface area (Å²) >= 11 is 0. The topological polar surface area (TPSA) is 73.9 Å². The van der Waals surface area contributed by atoms with Crippen molar-refractivity contribution in [2.45, 2.75) is 44.4 Å². The molecule has 0 aromatic heterocycles. The first-order valence-electron chi connectivity index (χ1n) is 10.1. The second-order valence-corrected chi connectivity index (χ2v) is 9.38. The number of carbonyl (C=O) groups is 1. The first-order chi connectivity index (χ1) is 13.0. The van der Waals surface area contributed by atoms with Crippen LogP contribution in [0.15, 0.2) is 24.3 Å². The third-order valence-electron chi connectivity index (χ3n) is 7.89. The SMILES string of the molecule is COc1ccc([C@H]2[C@H](C(=O)C34CC5CC(CC(C5)C3)C4)C2(C#N)C#N)cc1. The Kier molecular flexibility index (Phi) is 3.48. The second-order valence-electron chi connectivity index (χ2n) is 9.38. The van der Waals surface area contributed by atoms with Crippen molar-refractivity contribution in [3.05, 3.63) is 29.8 Å². The summed E-state index contributed by atoms with van der Waals surface area (Å²) in [5, 5.41) is 19.7. The van der Waals surface area contributed by atoms with E-state index in [4.69, 9.17) is 4.74 Å². The smallest absolute Gasteiger partial charge is 0.161 e. The first-order valence-corrected chi connectivity index (χ1v) is 10.1. The lowest BCUT2D eigenvalue weighted by Crippen LogP contribution is -2.50. The Morgan fingerprint density at radius 2 is 1.52 bits per heavy atom. The molecule has 0 amide bonds. The van der Waals surface area contributed by atoms with E-state index in [0.717, 1.165) is 30.6 Å². The van der Waals surface area contributed by atoms with Crippen molar-refractivity contribution in [1.82, 2.24) is 0 Å². The van der Waals surface area contributed by atoms with Crippen LogP contribution in [-0.2, 0) is 4.79 Å². The molecule has 0 radical (unpaired) electrons. The Hall–Kier alpha value is -2.33. The monoisotopic (exact) mass is 360 g/mol. The van der Waals surface area contributed by atoms with Crippen molar-refractivity contribution in [3.8, 4) is 17.9 Å². The molecule has 138 valence electrons. The summed E-state index contributed by atoms with van der Waals surface area (Å²) < 4.78 is 5.22. The molecule has 1 aromatic carbocycles. The van der Waals surface area contributed by atoms with Crippen LogP contribution in [0.2, 0.25) is 0 Å². The fraction of sp³-hybridized carbons (Fsp3) is 0.609. The number of nitrogens with zero attached hydrogens (tertiary/aromatic N) is 2. The minimum Gasteiger partial charge on any atom is -0.497 e. The van der Waals surface area contributed by atoms with Gasteiger partial charge in [-0.2, -0.15) is 10.5 Å². The summed E-state index contributed by atoms with van der Waals surface area (Å²) in [6, 6.07) is 12.0. The lowest BCUT2D eigenvalue weighted by molar-refractivity contribution is -0.145. The Morgan fingerprint density at radius 3 is 1.96 bits per heavy atom. The summed E-state index contributed by atoms with van der Waals surface area (Å²) in [7, 11) is 1.61. The number of methoxy groups -OCH3 is 1. The zero-order valence-electron chi connectivity index (χ0n) is 15.6. The maximum atomic E-state index is 13.8. The molecule has 0 heterocycles. The number of hydrogen-bond donors (Lipinski definition) is 0. The lowest BCUT2D eigenvalue weighted by Gasteiger charge is -2.56. The van der Waals surface area contributed by atoms with Gasteiger partial charge in [-0.25, -0.2) is 0 Å². The van der Waals surface area contributed by atoms with Gasteiger partial charge in [0.1, 0.15) is 11.5 Å². The number of hydrogen-bond acceptors (Lipinski definition) is 4. The van der Waals surface area contributed by atoms with Crippen LogP contribution in [0, 0.1) is 57.2 Å². The molecule has 2 atom stereocenters. The number of rotatable bonds is 4. The van der Waals surface area contributed by atoms with Gasteiger partial charge in [0, 0.05) is 11.3 Å². The van der Waals surface area contributed by atoms with E-state index in [2.05, 4.69) is 12.1 Å². The normalized spacial score (nSPS) is 40.0. The van der Waals surface area contributed by atoms with Gasteiger partial charge in [0.05, 0.1) is 25.2 Å². The largest absolute Gasteiger partial charge is 0.497 e.